The summed E-state index contributed by atoms with van der Waals surface area (Å²) in [6.45, 7) is 0.608. The van der Waals surface area contributed by atoms with Crippen molar-refractivity contribution in [2.24, 2.45) is 0 Å². The lowest BCUT2D eigenvalue weighted by molar-refractivity contribution is 0.224. The van der Waals surface area contributed by atoms with Crippen LogP contribution < -0.4 is 9.44 Å². The van der Waals surface area contributed by atoms with Crippen molar-refractivity contribution in [2.45, 2.75) is 25.4 Å². The van der Waals surface area contributed by atoms with Gasteiger partial charge in [-0.05, 0) is 67.4 Å². The van der Waals surface area contributed by atoms with Gasteiger partial charge in [-0.15, -0.1) is 0 Å². The Balaban J connectivity index is 1.45. The molecule has 4 rings (SSSR count). The van der Waals surface area contributed by atoms with Gasteiger partial charge in [-0.1, -0.05) is 6.07 Å². The maximum atomic E-state index is 11.5. The van der Waals surface area contributed by atoms with Crippen molar-refractivity contribution in [3.63, 3.8) is 0 Å². The van der Waals surface area contributed by atoms with E-state index in [1.165, 1.54) is 5.56 Å². The lowest BCUT2D eigenvalue weighted by Gasteiger charge is -2.22. The van der Waals surface area contributed by atoms with E-state index < -0.39 is 20.0 Å². The van der Waals surface area contributed by atoms with Crippen molar-refractivity contribution < 1.29 is 21.3 Å². The third kappa shape index (κ3) is 5.38. The Morgan fingerprint density at radius 3 is 2.19 bits per heavy atom. The first-order valence-electron chi connectivity index (χ1n) is 9.75. The molecule has 0 bridgehead atoms. The predicted octanol–water partition coefficient (Wildman–Crippen LogP) is 2.78. The van der Waals surface area contributed by atoms with E-state index in [0.29, 0.717) is 23.5 Å². The van der Waals surface area contributed by atoms with E-state index >= 15 is 0 Å². The van der Waals surface area contributed by atoms with Crippen molar-refractivity contribution in [1.29, 1.82) is 0 Å². The summed E-state index contributed by atoms with van der Waals surface area (Å²) in [5, 5.41) is 0.836. The number of sulfonamides is 2. The zero-order chi connectivity index (χ0) is 22.4. The molecule has 31 heavy (non-hydrogen) atoms. The quantitative estimate of drug-likeness (QED) is 0.558. The Labute approximate surface area is 182 Å². The molecule has 1 heterocycles. The Hall–Kier alpha value is -2.56. The van der Waals surface area contributed by atoms with Crippen LogP contribution in [0, 0.1) is 0 Å². The molecule has 166 valence electrons. The van der Waals surface area contributed by atoms with Gasteiger partial charge in [-0.2, -0.15) is 0 Å². The standard InChI is InChI=1S/C21H25N3O5S2/c1-24(19-10-14-4-5-17(8-15(14)11-19)22-30(2,25)26)13-20-12-16-9-18(23-31(3,27)28)6-7-21(16)29-20/h4-9,12,19,22-23H,10-11,13H2,1-3H3. The third-order valence-electron chi connectivity index (χ3n) is 5.32. The number of nitrogens with zero attached hydrogens (tertiary/aromatic N) is 1. The van der Waals surface area contributed by atoms with Crippen LogP contribution in [0.5, 0.6) is 0 Å². The first-order chi connectivity index (χ1) is 14.4. The Kier molecular flexibility index (Phi) is 5.48. The fraction of sp³-hybridized carbons (Fsp3) is 0.333. The summed E-state index contributed by atoms with van der Waals surface area (Å²) < 4.78 is 56.8. The van der Waals surface area contributed by atoms with E-state index in [1.54, 1.807) is 24.3 Å². The topological polar surface area (TPSA) is 109 Å². The Bertz CT molecular complexity index is 1350. The summed E-state index contributed by atoms with van der Waals surface area (Å²) in [7, 11) is -4.60. The number of likely N-dealkylation sites (N-methyl/N-ethyl adjacent to an activating group) is 1. The molecule has 0 radical (unpaired) electrons. The molecule has 1 aliphatic carbocycles. The van der Waals surface area contributed by atoms with Crippen molar-refractivity contribution in [1.82, 2.24) is 4.90 Å². The van der Waals surface area contributed by atoms with E-state index in [4.69, 9.17) is 4.42 Å². The lowest BCUT2D eigenvalue weighted by atomic mass is 10.1. The number of nitrogens with one attached hydrogen (secondary N) is 2. The van der Waals surface area contributed by atoms with Gasteiger partial charge in [0.2, 0.25) is 20.0 Å². The molecule has 0 aliphatic heterocycles. The minimum Gasteiger partial charge on any atom is -0.460 e. The molecule has 1 unspecified atom stereocenters. The molecule has 1 atom stereocenters. The number of furan rings is 1. The van der Waals surface area contributed by atoms with Crippen molar-refractivity contribution in [2.75, 3.05) is 29.0 Å². The van der Waals surface area contributed by atoms with Crippen LogP contribution >= 0.6 is 0 Å². The first-order valence-corrected chi connectivity index (χ1v) is 13.5. The first kappa shape index (κ1) is 21.7. The minimum absolute atomic E-state index is 0.277. The molecule has 0 spiro atoms. The van der Waals surface area contributed by atoms with E-state index in [0.717, 1.165) is 42.1 Å². The molecule has 10 heteroatoms. The summed E-state index contributed by atoms with van der Waals surface area (Å²) in [5.74, 6) is 0.796. The fourth-order valence-corrected chi connectivity index (χ4v) is 5.12. The highest BCUT2D eigenvalue weighted by Crippen LogP contribution is 2.30. The molecule has 0 saturated heterocycles. The molecule has 0 amide bonds. The van der Waals surface area contributed by atoms with Crippen LogP contribution in [0.3, 0.4) is 0 Å². The van der Waals surface area contributed by atoms with Crippen LogP contribution in [0.4, 0.5) is 11.4 Å². The van der Waals surface area contributed by atoms with Gasteiger partial charge in [-0.3, -0.25) is 14.3 Å². The van der Waals surface area contributed by atoms with Gasteiger partial charge in [0, 0.05) is 22.8 Å². The molecular weight excluding hydrogens is 438 g/mol. The minimum atomic E-state index is -3.34. The lowest BCUT2D eigenvalue weighted by Crippen LogP contribution is -2.31. The number of anilines is 2. The molecule has 2 aromatic carbocycles. The second-order valence-corrected chi connectivity index (χ2v) is 11.7. The van der Waals surface area contributed by atoms with Crippen LogP contribution in [-0.2, 0) is 39.4 Å². The second kappa shape index (κ2) is 7.85. The highest BCUT2D eigenvalue weighted by atomic mass is 32.2. The highest BCUT2D eigenvalue weighted by molar-refractivity contribution is 7.92. The van der Waals surface area contributed by atoms with Crippen LogP contribution in [-0.4, -0.2) is 47.3 Å². The molecule has 0 fully saturated rings. The number of rotatable bonds is 7. The second-order valence-electron chi connectivity index (χ2n) is 8.17. The SMILES string of the molecule is CN(Cc1cc2cc(NS(C)(=O)=O)ccc2o1)C1Cc2ccc(NS(C)(=O)=O)cc2C1. The Morgan fingerprint density at radius 2 is 1.52 bits per heavy atom. The molecule has 8 nitrogen and oxygen atoms in total. The Morgan fingerprint density at radius 1 is 0.903 bits per heavy atom. The molecule has 1 aromatic heterocycles. The number of hydrogen-bond donors (Lipinski definition) is 2. The fourth-order valence-electron chi connectivity index (χ4n) is 4.01. The van der Waals surface area contributed by atoms with E-state index in [9.17, 15) is 16.8 Å². The van der Waals surface area contributed by atoms with Gasteiger partial charge >= 0.3 is 0 Å². The maximum absolute atomic E-state index is 11.5. The van der Waals surface area contributed by atoms with Gasteiger partial charge in [0.15, 0.2) is 0 Å². The summed E-state index contributed by atoms with van der Waals surface area (Å²) in [5.41, 5.74) is 4.15. The third-order valence-corrected chi connectivity index (χ3v) is 6.53. The number of benzene rings is 2. The van der Waals surface area contributed by atoms with Gasteiger partial charge in [-0.25, -0.2) is 16.8 Å². The number of fused-ring (bicyclic) bond motifs is 2. The van der Waals surface area contributed by atoms with Crippen LogP contribution in [0.15, 0.2) is 46.9 Å². The molecule has 0 saturated carbocycles. The zero-order valence-electron chi connectivity index (χ0n) is 17.5. The molecule has 2 N–H and O–H groups in total. The summed E-state index contributed by atoms with van der Waals surface area (Å²) in [6, 6.07) is 13.1. The van der Waals surface area contributed by atoms with E-state index in [1.807, 2.05) is 25.2 Å². The van der Waals surface area contributed by atoms with Crippen LogP contribution in [0.1, 0.15) is 16.9 Å². The average molecular weight is 464 g/mol. The summed E-state index contributed by atoms with van der Waals surface area (Å²) >= 11 is 0. The maximum Gasteiger partial charge on any atom is 0.229 e. The van der Waals surface area contributed by atoms with Gasteiger partial charge < -0.3 is 4.42 Å². The zero-order valence-corrected chi connectivity index (χ0v) is 19.2. The monoisotopic (exact) mass is 463 g/mol. The van der Waals surface area contributed by atoms with Gasteiger partial charge in [0.1, 0.15) is 11.3 Å². The average Bonchev–Trinajstić information content (AvgIpc) is 3.21. The van der Waals surface area contributed by atoms with E-state index in [-0.39, 0.29) is 6.04 Å². The molecule has 3 aromatic rings. The number of hydrogen-bond acceptors (Lipinski definition) is 6. The summed E-state index contributed by atoms with van der Waals surface area (Å²) in [4.78, 5) is 2.22. The smallest absolute Gasteiger partial charge is 0.229 e. The van der Waals surface area contributed by atoms with Crippen LogP contribution in [0.25, 0.3) is 11.0 Å². The van der Waals surface area contributed by atoms with Crippen molar-refractivity contribution >= 4 is 42.4 Å². The molecular formula is C21H25N3O5S2. The van der Waals surface area contributed by atoms with Gasteiger partial charge in [0.05, 0.1) is 19.1 Å². The van der Waals surface area contributed by atoms with Gasteiger partial charge in [0.25, 0.3) is 0 Å². The van der Waals surface area contributed by atoms with Crippen molar-refractivity contribution in [3.8, 4) is 0 Å². The van der Waals surface area contributed by atoms with E-state index in [2.05, 4.69) is 14.3 Å². The summed E-state index contributed by atoms with van der Waals surface area (Å²) in [6.07, 6.45) is 3.97. The highest BCUT2D eigenvalue weighted by Gasteiger charge is 2.26. The van der Waals surface area contributed by atoms with Crippen LogP contribution in [0.2, 0.25) is 0 Å². The van der Waals surface area contributed by atoms with Crippen molar-refractivity contribution in [3.05, 3.63) is 59.4 Å². The molecule has 1 aliphatic rings. The predicted molar refractivity (Wildman–Crippen MR) is 122 cm³/mol. The largest absolute Gasteiger partial charge is 0.460 e. The normalized spacial score (nSPS) is 16.6.